The molecule has 2 amide bonds. The molecule has 154 valence electrons. The van der Waals surface area contributed by atoms with E-state index in [4.69, 9.17) is 11.6 Å². The van der Waals surface area contributed by atoms with Crippen LogP contribution in [0.25, 0.3) is 0 Å². The predicted octanol–water partition coefficient (Wildman–Crippen LogP) is 4.87. The van der Waals surface area contributed by atoms with Gasteiger partial charge in [0.15, 0.2) is 5.82 Å². The second-order valence-corrected chi connectivity index (χ2v) is 8.74. The van der Waals surface area contributed by atoms with Crippen molar-refractivity contribution in [1.82, 2.24) is 4.98 Å². The van der Waals surface area contributed by atoms with Crippen LogP contribution in [-0.2, 0) is 22.6 Å². The summed E-state index contributed by atoms with van der Waals surface area (Å²) < 4.78 is 27.0. The Kier molecular flexibility index (Phi) is 5.89. The Morgan fingerprint density at radius 3 is 2.45 bits per heavy atom. The molecule has 1 aliphatic heterocycles. The topological polar surface area (TPSA) is 62.3 Å². The van der Waals surface area contributed by atoms with Crippen LogP contribution in [0.2, 0.25) is 5.02 Å². The van der Waals surface area contributed by atoms with Crippen molar-refractivity contribution in [3.05, 3.63) is 52.2 Å². The SMILES string of the molecule is CC(C)(C)CC(=O)Nc1nc2c(cc1Cl)N(Cc1cc(F)cc(F)c1)C(=O)CC2. The monoisotopic (exact) mass is 421 g/mol. The zero-order chi connectivity index (χ0) is 21.3. The summed E-state index contributed by atoms with van der Waals surface area (Å²) >= 11 is 6.31. The van der Waals surface area contributed by atoms with Crippen molar-refractivity contribution in [3.63, 3.8) is 0 Å². The fourth-order valence-electron chi connectivity index (χ4n) is 3.23. The van der Waals surface area contributed by atoms with Crippen LogP contribution in [-0.4, -0.2) is 16.8 Å². The Labute approximate surface area is 173 Å². The first kappa shape index (κ1) is 21.2. The molecular formula is C21H22ClF2N3O2. The van der Waals surface area contributed by atoms with Gasteiger partial charge in [0, 0.05) is 25.3 Å². The molecule has 1 aromatic heterocycles. The lowest BCUT2D eigenvalue weighted by Crippen LogP contribution is -2.35. The molecule has 1 aliphatic rings. The maximum absolute atomic E-state index is 13.5. The van der Waals surface area contributed by atoms with E-state index in [1.165, 1.54) is 17.0 Å². The summed E-state index contributed by atoms with van der Waals surface area (Å²) in [6, 6.07) is 4.70. The molecule has 3 rings (SSSR count). The zero-order valence-electron chi connectivity index (χ0n) is 16.5. The molecule has 0 fully saturated rings. The Hall–Kier alpha value is -2.54. The highest BCUT2D eigenvalue weighted by Gasteiger charge is 2.28. The van der Waals surface area contributed by atoms with Crippen LogP contribution in [0, 0.1) is 17.0 Å². The van der Waals surface area contributed by atoms with Crippen molar-refractivity contribution < 1.29 is 18.4 Å². The highest BCUT2D eigenvalue weighted by atomic mass is 35.5. The summed E-state index contributed by atoms with van der Waals surface area (Å²) in [5.41, 5.74) is 1.21. The van der Waals surface area contributed by atoms with Crippen molar-refractivity contribution in [1.29, 1.82) is 0 Å². The van der Waals surface area contributed by atoms with E-state index in [0.717, 1.165) is 6.07 Å². The number of aromatic nitrogens is 1. The van der Waals surface area contributed by atoms with E-state index < -0.39 is 11.6 Å². The second-order valence-electron chi connectivity index (χ2n) is 8.33. The van der Waals surface area contributed by atoms with Gasteiger partial charge in [-0.15, -0.1) is 0 Å². The number of hydrogen-bond acceptors (Lipinski definition) is 3. The normalized spacial score (nSPS) is 14.0. The molecule has 0 spiro atoms. The van der Waals surface area contributed by atoms with Gasteiger partial charge in [0.2, 0.25) is 11.8 Å². The van der Waals surface area contributed by atoms with Gasteiger partial charge in [-0.25, -0.2) is 13.8 Å². The van der Waals surface area contributed by atoms with Gasteiger partial charge in [0.05, 0.1) is 22.9 Å². The van der Waals surface area contributed by atoms with E-state index in [1.54, 1.807) is 6.07 Å². The number of benzene rings is 1. The maximum Gasteiger partial charge on any atom is 0.227 e. The molecule has 1 aromatic carbocycles. The third-order valence-corrected chi connectivity index (χ3v) is 4.70. The smallest absolute Gasteiger partial charge is 0.227 e. The minimum absolute atomic E-state index is 0.00570. The fourth-order valence-corrected chi connectivity index (χ4v) is 3.43. The first-order valence-electron chi connectivity index (χ1n) is 9.26. The first-order valence-corrected chi connectivity index (χ1v) is 9.64. The average Bonchev–Trinajstić information content (AvgIpc) is 2.56. The molecule has 5 nitrogen and oxygen atoms in total. The van der Waals surface area contributed by atoms with Crippen LogP contribution in [0.1, 0.15) is 44.9 Å². The zero-order valence-corrected chi connectivity index (χ0v) is 17.2. The lowest BCUT2D eigenvalue weighted by Gasteiger charge is -2.29. The van der Waals surface area contributed by atoms with E-state index in [1.807, 2.05) is 20.8 Å². The van der Waals surface area contributed by atoms with Gasteiger partial charge in [0.1, 0.15) is 11.6 Å². The predicted molar refractivity (Wildman–Crippen MR) is 108 cm³/mol. The summed E-state index contributed by atoms with van der Waals surface area (Å²) in [4.78, 5) is 30.5. The maximum atomic E-state index is 13.5. The van der Waals surface area contributed by atoms with Gasteiger partial charge in [-0.2, -0.15) is 0 Å². The van der Waals surface area contributed by atoms with Crippen LogP contribution in [0.15, 0.2) is 24.3 Å². The number of carbonyl (C=O) groups is 2. The average molecular weight is 422 g/mol. The quantitative estimate of drug-likeness (QED) is 0.766. The Morgan fingerprint density at radius 2 is 1.83 bits per heavy atom. The number of nitrogens with zero attached hydrogens (tertiary/aromatic N) is 2. The molecule has 1 N–H and O–H groups in total. The molecule has 8 heteroatoms. The minimum atomic E-state index is -0.710. The number of rotatable bonds is 4. The Morgan fingerprint density at radius 1 is 1.17 bits per heavy atom. The van der Waals surface area contributed by atoms with Gasteiger partial charge >= 0.3 is 0 Å². The van der Waals surface area contributed by atoms with Crippen LogP contribution >= 0.6 is 11.6 Å². The second kappa shape index (κ2) is 8.06. The van der Waals surface area contributed by atoms with Crippen molar-refractivity contribution in [3.8, 4) is 0 Å². The number of aryl methyl sites for hydroxylation is 1. The van der Waals surface area contributed by atoms with Gasteiger partial charge in [-0.3, -0.25) is 9.59 Å². The summed E-state index contributed by atoms with van der Waals surface area (Å²) in [6.45, 7) is 5.85. The van der Waals surface area contributed by atoms with Crippen LogP contribution in [0.4, 0.5) is 20.3 Å². The standard InChI is InChI=1S/C21H22ClF2N3O2/c1-21(2,3)10-18(28)26-20-15(22)9-17-16(25-20)4-5-19(29)27(17)11-12-6-13(23)8-14(24)7-12/h6-9H,4-5,10-11H2,1-3H3,(H,25,26,28). The van der Waals surface area contributed by atoms with Gasteiger partial charge in [0.25, 0.3) is 0 Å². The molecule has 0 radical (unpaired) electrons. The van der Waals surface area contributed by atoms with E-state index in [9.17, 15) is 18.4 Å². The number of nitrogens with one attached hydrogen (secondary N) is 1. The summed E-state index contributed by atoms with van der Waals surface area (Å²) in [5.74, 6) is -1.57. The van der Waals surface area contributed by atoms with Crippen molar-refractivity contribution in [2.45, 2.75) is 46.6 Å². The van der Waals surface area contributed by atoms with Crippen molar-refractivity contribution in [2.24, 2.45) is 5.41 Å². The largest absolute Gasteiger partial charge is 0.309 e. The van der Waals surface area contributed by atoms with Crippen molar-refractivity contribution >= 4 is 34.9 Å². The third kappa shape index (κ3) is 5.29. The molecule has 0 saturated heterocycles. The number of amides is 2. The first-order chi connectivity index (χ1) is 13.5. The van der Waals surface area contributed by atoms with Gasteiger partial charge in [-0.05, 0) is 29.2 Å². The number of halogens is 3. The molecule has 0 aliphatic carbocycles. The summed E-state index contributed by atoms with van der Waals surface area (Å²) in [7, 11) is 0. The molecule has 0 unspecified atom stereocenters. The Bertz CT molecular complexity index is 953. The number of pyridine rings is 1. The number of fused-ring (bicyclic) bond motifs is 1. The van der Waals surface area contributed by atoms with Crippen LogP contribution in [0.5, 0.6) is 0 Å². The van der Waals surface area contributed by atoms with E-state index in [-0.39, 0.29) is 41.0 Å². The lowest BCUT2D eigenvalue weighted by molar-refractivity contribution is -0.119. The van der Waals surface area contributed by atoms with E-state index in [2.05, 4.69) is 10.3 Å². The highest BCUT2D eigenvalue weighted by molar-refractivity contribution is 6.33. The minimum Gasteiger partial charge on any atom is -0.309 e. The Balaban J connectivity index is 1.88. The fraction of sp³-hybridized carbons (Fsp3) is 0.381. The number of hydrogen-bond donors (Lipinski definition) is 1. The molecule has 0 saturated carbocycles. The van der Waals surface area contributed by atoms with Crippen LogP contribution < -0.4 is 10.2 Å². The molecule has 2 aromatic rings. The van der Waals surface area contributed by atoms with Crippen molar-refractivity contribution in [2.75, 3.05) is 10.2 Å². The van der Waals surface area contributed by atoms with E-state index >= 15 is 0 Å². The number of carbonyl (C=O) groups excluding carboxylic acids is 2. The van der Waals surface area contributed by atoms with Crippen LogP contribution in [0.3, 0.4) is 0 Å². The summed E-state index contributed by atoms with van der Waals surface area (Å²) in [6.07, 6.45) is 0.897. The molecule has 0 atom stereocenters. The number of anilines is 2. The van der Waals surface area contributed by atoms with Gasteiger partial charge < -0.3 is 10.2 Å². The van der Waals surface area contributed by atoms with E-state index in [0.29, 0.717) is 29.8 Å². The third-order valence-electron chi connectivity index (χ3n) is 4.41. The lowest BCUT2D eigenvalue weighted by atomic mass is 9.92. The molecule has 29 heavy (non-hydrogen) atoms. The molecule has 2 heterocycles. The molecule has 0 bridgehead atoms. The van der Waals surface area contributed by atoms with Gasteiger partial charge in [-0.1, -0.05) is 32.4 Å². The highest BCUT2D eigenvalue weighted by Crippen LogP contribution is 2.34. The molecular weight excluding hydrogens is 400 g/mol. The summed E-state index contributed by atoms with van der Waals surface area (Å²) in [5, 5.41) is 2.91.